The number of aromatic amines is 1. The molecule has 1 aromatic heterocycles. The first-order valence-corrected chi connectivity index (χ1v) is 8.06. The van der Waals surface area contributed by atoms with E-state index in [9.17, 15) is 18.8 Å². The molecular formula is C18H19FN2O3. The lowest BCUT2D eigenvalue weighted by molar-refractivity contribution is -0.134. The number of pyridine rings is 1. The number of fused-ring (bicyclic) bond motifs is 1. The number of benzene rings is 1. The van der Waals surface area contributed by atoms with Gasteiger partial charge in [0.05, 0.1) is 5.39 Å². The molecule has 0 aliphatic carbocycles. The maximum absolute atomic E-state index is 13.8. The summed E-state index contributed by atoms with van der Waals surface area (Å²) in [5.41, 5.74) is 0.960. The van der Waals surface area contributed by atoms with Crippen LogP contribution >= 0.6 is 0 Å². The van der Waals surface area contributed by atoms with E-state index >= 15 is 0 Å². The second-order valence-corrected chi connectivity index (χ2v) is 6.20. The van der Waals surface area contributed by atoms with Gasteiger partial charge in [0.15, 0.2) is 0 Å². The van der Waals surface area contributed by atoms with Crippen LogP contribution in [0.5, 0.6) is 0 Å². The van der Waals surface area contributed by atoms with Gasteiger partial charge in [-0.05, 0) is 36.4 Å². The molecule has 0 bridgehead atoms. The van der Waals surface area contributed by atoms with Crippen molar-refractivity contribution in [1.82, 2.24) is 9.88 Å². The normalized spacial score (nSPS) is 15.1. The second kappa shape index (κ2) is 6.55. The lowest BCUT2D eigenvalue weighted by atomic mass is 10.0. The predicted molar refractivity (Wildman–Crippen MR) is 88.4 cm³/mol. The Hall–Kier alpha value is -2.50. The summed E-state index contributed by atoms with van der Waals surface area (Å²) in [5, 5.41) is 0.629. The number of hydrogen-bond donors (Lipinski definition) is 1. The van der Waals surface area contributed by atoms with Gasteiger partial charge < -0.3 is 9.88 Å². The number of nitrogens with one attached hydrogen (secondary N) is 1. The van der Waals surface area contributed by atoms with Gasteiger partial charge in [-0.2, -0.15) is 0 Å². The summed E-state index contributed by atoms with van der Waals surface area (Å²) >= 11 is 0. The van der Waals surface area contributed by atoms with Crippen LogP contribution < -0.4 is 5.56 Å². The fraction of sp³-hybridized carbons (Fsp3) is 0.389. The van der Waals surface area contributed by atoms with E-state index in [0.29, 0.717) is 43.4 Å². The Balaban J connectivity index is 1.76. The SMILES string of the molecule is Cc1ccc(F)c2c(=O)[nH]c(CCC(=O)N3CCC(=O)CC3)cc12. The standard InChI is InChI=1S/C18H19FN2O3/c1-11-2-4-15(19)17-14(11)10-12(20-18(17)24)3-5-16(23)21-8-6-13(22)7-9-21/h2,4,10H,3,5-9H2,1H3,(H,20,24). The Labute approximate surface area is 138 Å². The fourth-order valence-electron chi connectivity index (χ4n) is 3.07. The summed E-state index contributed by atoms with van der Waals surface area (Å²) in [7, 11) is 0. The molecule has 2 aromatic rings. The molecule has 1 fully saturated rings. The summed E-state index contributed by atoms with van der Waals surface area (Å²) in [6.07, 6.45) is 1.46. The minimum atomic E-state index is -0.544. The topological polar surface area (TPSA) is 70.2 Å². The molecule has 0 radical (unpaired) electrons. The lowest BCUT2D eigenvalue weighted by Gasteiger charge is -2.26. The molecule has 1 saturated heterocycles. The van der Waals surface area contributed by atoms with Crippen molar-refractivity contribution in [3.63, 3.8) is 0 Å². The number of H-pyrrole nitrogens is 1. The second-order valence-electron chi connectivity index (χ2n) is 6.20. The number of hydrogen-bond acceptors (Lipinski definition) is 3. The van der Waals surface area contributed by atoms with Crippen molar-refractivity contribution in [1.29, 1.82) is 0 Å². The summed E-state index contributed by atoms with van der Waals surface area (Å²) in [6, 6.07) is 4.66. The van der Waals surface area contributed by atoms with Crippen molar-refractivity contribution in [3.8, 4) is 0 Å². The van der Waals surface area contributed by atoms with Crippen LogP contribution in [0.25, 0.3) is 10.8 Å². The van der Waals surface area contributed by atoms with E-state index in [1.54, 1.807) is 17.0 Å². The van der Waals surface area contributed by atoms with E-state index in [2.05, 4.69) is 4.98 Å². The number of Topliss-reactive ketones (excluding diaryl/α,β-unsaturated/α-hetero) is 1. The summed E-state index contributed by atoms with van der Waals surface area (Å²) in [4.78, 5) is 39.9. The van der Waals surface area contributed by atoms with Crippen molar-refractivity contribution in [2.45, 2.75) is 32.6 Å². The number of carbonyl (C=O) groups excluding carboxylic acids is 2. The molecule has 0 atom stereocenters. The number of ketones is 1. The molecule has 0 spiro atoms. The van der Waals surface area contributed by atoms with Gasteiger partial charge >= 0.3 is 0 Å². The third-order valence-electron chi connectivity index (χ3n) is 4.51. The first-order chi connectivity index (χ1) is 11.5. The van der Waals surface area contributed by atoms with Crippen LogP contribution in [-0.2, 0) is 16.0 Å². The molecule has 0 unspecified atom stereocenters. The zero-order valence-electron chi connectivity index (χ0n) is 13.5. The zero-order chi connectivity index (χ0) is 17.3. The van der Waals surface area contributed by atoms with Gasteiger partial charge in [0.25, 0.3) is 5.56 Å². The zero-order valence-corrected chi connectivity index (χ0v) is 13.5. The number of amides is 1. The van der Waals surface area contributed by atoms with E-state index in [0.717, 1.165) is 5.56 Å². The molecule has 3 rings (SSSR count). The summed E-state index contributed by atoms with van der Waals surface area (Å²) < 4.78 is 13.8. The summed E-state index contributed by atoms with van der Waals surface area (Å²) in [5.74, 6) is -0.382. The third kappa shape index (κ3) is 3.22. The average molecular weight is 330 g/mol. The Morgan fingerprint density at radius 2 is 1.96 bits per heavy atom. The van der Waals surface area contributed by atoms with Crippen LogP contribution in [0.1, 0.15) is 30.5 Å². The predicted octanol–water partition coefficient (Wildman–Crippen LogP) is 2.10. The lowest BCUT2D eigenvalue weighted by Crippen LogP contribution is -2.38. The van der Waals surface area contributed by atoms with E-state index in [1.165, 1.54) is 6.07 Å². The quantitative estimate of drug-likeness (QED) is 0.937. The van der Waals surface area contributed by atoms with Crippen LogP contribution in [0, 0.1) is 12.7 Å². The maximum atomic E-state index is 13.8. The van der Waals surface area contributed by atoms with Gasteiger partial charge in [-0.15, -0.1) is 0 Å². The van der Waals surface area contributed by atoms with E-state index < -0.39 is 11.4 Å². The highest BCUT2D eigenvalue weighted by Gasteiger charge is 2.20. The van der Waals surface area contributed by atoms with Crippen LogP contribution in [-0.4, -0.2) is 34.7 Å². The molecule has 1 N–H and O–H groups in total. The molecule has 5 nitrogen and oxygen atoms in total. The number of rotatable bonds is 3. The molecule has 126 valence electrons. The Morgan fingerprint density at radius 3 is 2.67 bits per heavy atom. The molecule has 0 saturated carbocycles. The van der Waals surface area contributed by atoms with Crippen molar-refractivity contribution in [2.75, 3.05) is 13.1 Å². The number of nitrogens with zero attached hydrogens (tertiary/aromatic N) is 1. The monoisotopic (exact) mass is 330 g/mol. The van der Waals surface area contributed by atoms with E-state index in [1.807, 2.05) is 6.92 Å². The maximum Gasteiger partial charge on any atom is 0.259 e. The highest BCUT2D eigenvalue weighted by Crippen LogP contribution is 2.19. The van der Waals surface area contributed by atoms with Gasteiger partial charge in [-0.3, -0.25) is 14.4 Å². The third-order valence-corrected chi connectivity index (χ3v) is 4.51. The Kier molecular flexibility index (Phi) is 4.46. The number of likely N-dealkylation sites (tertiary alicyclic amines) is 1. The molecule has 1 aliphatic heterocycles. The number of carbonyl (C=O) groups is 2. The van der Waals surface area contributed by atoms with Gasteiger partial charge in [0, 0.05) is 38.0 Å². The number of piperidine rings is 1. The van der Waals surface area contributed by atoms with Gasteiger partial charge in [-0.1, -0.05) is 6.07 Å². The van der Waals surface area contributed by atoms with Crippen molar-refractivity contribution < 1.29 is 14.0 Å². The number of aromatic nitrogens is 1. The molecule has 1 aliphatic rings. The smallest absolute Gasteiger partial charge is 0.259 e. The largest absolute Gasteiger partial charge is 0.342 e. The van der Waals surface area contributed by atoms with Crippen molar-refractivity contribution >= 4 is 22.5 Å². The molecule has 1 aromatic carbocycles. The first-order valence-electron chi connectivity index (χ1n) is 8.06. The Morgan fingerprint density at radius 1 is 1.25 bits per heavy atom. The highest BCUT2D eigenvalue weighted by molar-refractivity contribution is 5.86. The molecule has 1 amide bonds. The van der Waals surface area contributed by atoms with E-state index in [4.69, 9.17) is 0 Å². The van der Waals surface area contributed by atoms with E-state index in [-0.39, 0.29) is 23.5 Å². The summed E-state index contributed by atoms with van der Waals surface area (Å²) in [6.45, 7) is 2.76. The van der Waals surface area contributed by atoms with Crippen LogP contribution in [0.3, 0.4) is 0 Å². The molecule has 6 heteroatoms. The van der Waals surface area contributed by atoms with Crippen molar-refractivity contribution in [3.05, 3.63) is 45.6 Å². The number of aryl methyl sites for hydroxylation is 2. The van der Waals surface area contributed by atoms with Gasteiger partial charge in [0.1, 0.15) is 11.6 Å². The first kappa shape index (κ1) is 16.4. The minimum Gasteiger partial charge on any atom is -0.342 e. The fourth-order valence-corrected chi connectivity index (χ4v) is 3.07. The van der Waals surface area contributed by atoms with Crippen LogP contribution in [0.2, 0.25) is 0 Å². The number of halogens is 1. The Bertz CT molecular complexity index is 862. The molecular weight excluding hydrogens is 311 g/mol. The molecule has 24 heavy (non-hydrogen) atoms. The highest BCUT2D eigenvalue weighted by atomic mass is 19.1. The van der Waals surface area contributed by atoms with Crippen LogP contribution in [0.4, 0.5) is 4.39 Å². The average Bonchev–Trinajstić information content (AvgIpc) is 2.56. The van der Waals surface area contributed by atoms with Gasteiger partial charge in [0.2, 0.25) is 5.91 Å². The minimum absolute atomic E-state index is 0.0283. The van der Waals surface area contributed by atoms with Crippen LogP contribution in [0.15, 0.2) is 23.0 Å². The van der Waals surface area contributed by atoms with Crippen molar-refractivity contribution in [2.24, 2.45) is 0 Å². The molecule has 2 heterocycles. The van der Waals surface area contributed by atoms with Gasteiger partial charge in [-0.25, -0.2) is 4.39 Å².